The van der Waals surface area contributed by atoms with Crippen molar-refractivity contribution in [3.63, 3.8) is 0 Å². The highest BCUT2D eigenvalue weighted by molar-refractivity contribution is 5.98. The Kier molecular flexibility index (Phi) is 4.40. The van der Waals surface area contributed by atoms with Gasteiger partial charge in [0.05, 0.1) is 6.54 Å². The van der Waals surface area contributed by atoms with Crippen LogP contribution in [0.4, 0.5) is 0 Å². The first-order valence-electron chi connectivity index (χ1n) is 9.00. The normalized spacial score (nSPS) is 21.6. The lowest BCUT2D eigenvalue weighted by Crippen LogP contribution is -2.57. The number of benzene rings is 2. The number of carbonyl (C=O) groups is 2. The van der Waals surface area contributed by atoms with E-state index in [0.29, 0.717) is 13.1 Å². The summed E-state index contributed by atoms with van der Waals surface area (Å²) in [6, 6.07) is 14.1. The Morgan fingerprint density at radius 1 is 1.08 bits per heavy atom. The van der Waals surface area contributed by atoms with Crippen LogP contribution in [-0.2, 0) is 4.79 Å². The Balaban J connectivity index is 1.51. The predicted octanol–water partition coefficient (Wildman–Crippen LogP) is 1.88. The molecule has 2 amide bonds. The van der Waals surface area contributed by atoms with Crippen molar-refractivity contribution < 1.29 is 9.59 Å². The average molecular weight is 337 g/mol. The van der Waals surface area contributed by atoms with Gasteiger partial charge in [0.1, 0.15) is 0 Å². The highest BCUT2D eigenvalue weighted by Gasteiger charge is 2.31. The molecule has 2 aromatic carbocycles. The van der Waals surface area contributed by atoms with Crippen LogP contribution < -0.4 is 5.32 Å². The van der Waals surface area contributed by atoms with Crippen LogP contribution in [-0.4, -0.2) is 60.4 Å². The number of nitrogens with one attached hydrogen (secondary N) is 1. The van der Waals surface area contributed by atoms with E-state index in [2.05, 4.69) is 11.4 Å². The van der Waals surface area contributed by atoms with E-state index in [9.17, 15) is 9.59 Å². The van der Waals surface area contributed by atoms with Crippen molar-refractivity contribution in [2.24, 2.45) is 0 Å². The van der Waals surface area contributed by atoms with Crippen LogP contribution >= 0.6 is 0 Å². The SMILES string of the molecule is O=C(c1ccc2ccccc2c1)N1CCCC(N2CCNCC2=O)C1. The summed E-state index contributed by atoms with van der Waals surface area (Å²) in [4.78, 5) is 29.0. The summed E-state index contributed by atoms with van der Waals surface area (Å²) in [5.41, 5.74) is 0.728. The standard InChI is InChI=1S/C20H23N3O2/c24-19-13-21-9-11-23(19)18-6-3-10-22(14-18)20(25)17-8-7-15-4-1-2-5-16(15)12-17/h1-2,4-5,7-8,12,18,21H,3,6,9-11,13-14H2. The second-order valence-corrected chi connectivity index (χ2v) is 6.87. The third-order valence-corrected chi connectivity index (χ3v) is 5.25. The van der Waals surface area contributed by atoms with Crippen molar-refractivity contribution in [3.05, 3.63) is 48.0 Å². The Hall–Kier alpha value is -2.40. The lowest BCUT2D eigenvalue weighted by molar-refractivity contribution is -0.135. The first-order valence-corrected chi connectivity index (χ1v) is 9.00. The molecule has 2 saturated heterocycles. The zero-order valence-electron chi connectivity index (χ0n) is 14.3. The molecule has 0 saturated carbocycles. The Bertz CT molecular complexity index is 804. The Morgan fingerprint density at radius 2 is 1.92 bits per heavy atom. The van der Waals surface area contributed by atoms with Gasteiger partial charge in [0.15, 0.2) is 0 Å². The summed E-state index contributed by atoms with van der Waals surface area (Å²) in [5, 5.41) is 5.33. The van der Waals surface area contributed by atoms with Gasteiger partial charge in [-0.25, -0.2) is 0 Å². The molecular formula is C20H23N3O2. The Labute approximate surface area is 147 Å². The molecule has 5 heteroatoms. The van der Waals surface area contributed by atoms with Gasteiger partial charge in [0.2, 0.25) is 5.91 Å². The van der Waals surface area contributed by atoms with E-state index in [0.717, 1.165) is 48.8 Å². The summed E-state index contributed by atoms with van der Waals surface area (Å²) in [5.74, 6) is 0.217. The molecule has 0 aromatic heterocycles. The van der Waals surface area contributed by atoms with Crippen molar-refractivity contribution in [1.82, 2.24) is 15.1 Å². The molecule has 2 aromatic rings. The van der Waals surface area contributed by atoms with E-state index in [4.69, 9.17) is 0 Å². The maximum atomic E-state index is 13.0. The second kappa shape index (κ2) is 6.84. The number of hydrogen-bond acceptors (Lipinski definition) is 3. The molecule has 2 heterocycles. The monoisotopic (exact) mass is 337 g/mol. The number of piperazine rings is 1. The largest absolute Gasteiger partial charge is 0.337 e. The summed E-state index contributed by atoms with van der Waals surface area (Å²) in [6.07, 6.45) is 1.93. The summed E-state index contributed by atoms with van der Waals surface area (Å²) in [7, 11) is 0. The molecule has 5 nitrogen and oxygen atoms in total. The van der Waals surface area contributed by atoms with Gasteiger partial charge in [0.25, 0.3) is 5.91 Å². The molecule has 0 spiro atoms. The van der Waals surface area contributed by atoms with Gasteiger partial charge < -0.3 is 15.1 Å². The number of fused-ring (bicyclic) bond motifs is 1. The molecule has 25 heavy (non-hydrogen) atoms. The highest BCUT2D eigenvalue weighted by Crippen LogP contribution is 2.21. The number of amides is 2. The van der Waals surface area contributed by atoms with Crippen LogP contribution in [0.25, 0.3) is 10.8 Å². The number of hydrogen-bond donors (Lipinski definition) is 1. The maximum Gasteiger partial charge on any atom is 0.253 e. The van der Waals surface area contributed by atoms with Crippen molar-refractivity contribution in [2.75, 3.05) is 32.7 Å². The van der Waals surface area contributed by atoms with Crippen LogP contribution in [0.15, 0.2) is 42.5 Å². The smallest absolute Gasteiger partial charge is 0.253 e. The minimum absolute atomic E-state index is 0.0676. The van der Waals surface area contributed by atoms with E-state index >= 15 is 0 Å². The average Bonchev–Trinajstić information content (AvgIpc) is 2.67. The van der Waals surface area contributed by atoms with Crippen LogP contribution in [0.3, 0.4) is 0 Å². The number of rotatable bonds is 2. The maximum absolute atomic E-state index is 13.0. The van der Waals surface area contributed by atoms with E-state index < -0.39 is 0 Å². The third-order valence-electron chi connectivity index (χ3n) is 5.25. The van der Waals surface area contributed by atoms with Crippen molar-refractivity contribution in [1.29, 1.82) is 0 Å². The van der Waals surface area contributed by atoms with Crippen LogP contribution in [0.2, 0.25) is 0 Å². The molecule has 4 rings (SSSR count). The fourth-order valence-electron chi connectivity index (χ4n) is 3.91. The molecule has 0 bridgehead atoms. The van der Waals surface area contributed by atoms with Gasteiger partial charge in [-0.15, -0.1) is 0 Å². The number of likely N-dealkylation sites (tertiary alicyclic amines) is 1. The van der Waals surface area contributed by atoms with Gasteiger partial charge in [-0.05, 0) is 35.7 Å². The van der Waals surface area contributed by atoms with Gasteiger partial charge in [-0.1, -0.05) is 30.3 Å². The first-order chi connectivity index (χ1) is 12.2. The van der Waals surface area contributed by atoms with Crippen LogP contribution in [0.5, 0.6) is 0 Å². The summed E-state index contributed by atoms with van der Waals surface area (Å²) in [6.45, 7) is 3.39. The molecular weight excluding hydrogens is 314 g/mol. The zero-order valence-corrected chi connectivity index (χ0v) is 14.3. The quantitative estimate of drug-likeness (QED) is 0.910. The fourth-order valence-corrected chi connectivity index (χ4v) is 3.91. The molecule has 0 aliphatic carbocycles. The number of carbonyl (C=O) groups excluding carboxylic acids is 2. The fraction of sp³-hybridized carbons (Fsp3) is 0.400. The van der Waals surface area contributed by atoms with E-state index in [1.54, 1.807) is 0 Å². The van der Waals surface area contributed by atoms with E-state index in [1.165, 1.54) is 0 Å². The number of piperidine rings is 1. The van der Waals surface area contributed by atoms with Gasteiger partial charge in [0, 0.05) is 37.8 Å². The molecule has 1 N–H and O–H groups in total. The topological polar surface area (TPSA) is 52.7 Å². The van der Waals surface area contributed by atoms with Crippen molar-refractivity contribution in [2.45, 2.75) is 18.9 Å². The minimum Gasteiger partial charge on any atom is -0.337 e. The predicted molar refractivity (Wildman–Crippen MR) is 97.5 cm³/mol. The van der Waals surface area contributed by atoms with E-state index in [-0.39, 0.29) is 17.9 Å². The summed E-state index contributed by atoms with van der Waals surface area (Å²) < 4.78 is 0. The molecule has 2 aliphatic rings. The molecule has 2 aliphatic heterocycles. The lowest BCUT2D eigenvalue weighted by atomic mass is 10.0. The van der Waals surface area contributed by atoms with Crippen LogP contribution in [0.1, 0.15) is 23.2 Å². The van der Waals surface area contributed by atoms with Crippen molar-refractivity contribution >= 4 is 22.6 Å². The molecule has 1 unspecified atom stereocenters. The zero-order chi connectivity index (χ0) is 17.2. The highest BCUT2D eigenvalue weighted by atomic mass is 16.2. The minimum atomic E-state index is 0.0676. The molecule has 0 radical (unpaired) electrons. The summed E-state index contributed by atoms with van der Waals surface area (Å²) >= 11 is 0. The molecule has 130 valence electrons. The van der Waals surface area contributed by atoms with Gasteiger partial charge in [-0.3, -0.25) is 9.59 Å². The third kappa shape index (κ3) is 3.24. The van der Waals surface area contributed by atoms with E-state index in [1.807, 2.05) is 46.2 Å². The van der Waals surface area contributed by atoms with Gasteiger partial charge >= 0.3 is 0 Å². The Morgan fingerprint density at radius 3 is 2.76 bits per heavy atom. The first kappa shape index (κ1) is 16.1. The molecule has 1 atom stereocenters. The molecule has 2 fully saturated rings. The second-order valence-electron chi connectivity index (χ2n) is 6.87. The van der Waals surface area contributed by atoms with Crippen molar-refractivity contribution in [3.8, 4) is 0 Å². The lowest BCUT2D eigenvalue weighted by Gasteiger charge is -2.41. The number of nitrogens with zero attached hydrogens (tertiary/aromatic N) is 2. The van der Waals surface area contributed by atoms with Crippen LogP contribution in [0, 0.1) is 0 Å². The van der Waals surface area contributed by atoms with Gasteiger partial charge in [-0.2, -0.15) is 0 Å².